The van der Waals surface area contributed by atoms with Crippen LogP contribution in [0.1, 0.15) is 43.6 Å². The average Bonchev–Trinajstić information content (AvgIpc) is 2.99. The first kappa shape index (κ1) is 18.6. The predicted octanol–water partition coefficient (Wildman–Crippen LogP) is 4.28. The first-order valence-corrected chi connectivity index (χ1v) is 9.35. The summed E-state index contributed by atoms with van der Waals surface area (Å²) in [6.07, 6.45) is 0.559. The minimum absolute atomic E-state index is 0.242. The number of carbonyl (C=O) groups excluding carboxylic acids is 2. The van der Waals surface area contributed by atoms with Gasteiger partial charge in [0.2, 0.25) is 0 Å². The van der Waals surface area contributed by atoms with E-state index in [1.54, 1.807) is 48.5 Å². The Labute approximate surface area is 168 Å². The third-order valence-electron chi connectivity index (χ3n) is 5.22. The quantitative estimate of drug-likeness (QED) is 0.665. The molecule has 3 aromatic carbocycles. The van der Waals surface area contributed by atoms with E-state index in [1.165, 1.54) is 4.90 Å². The first-order chi connectivity index (χ1) is 14.0. The van der Waals surface area contributed by atoms with Gasteiger partial charge in [-0.25, -0.2) is 4.79 Å². The molecule has 4 rings (SSSR count). The zero-order valence-electron chi connectivity index (χ0n) is 15.8. The maximum absolute atomic E-state index is 12.6. The molecule has 5 heteroatoms. The highest BCUT2D eigenvalue weighted by Gasteiger charge is 2.37. The molecule has 1 aliphatic heterocycles. The van der Waals surface area contributed by atoms with E-state index in [1.807, 2.05) is 31.2 Å². The van der Waals surface area contributed by atoms with Crippen molar-refractivity contribution < 1.29 is 19.5 Å². The summed E-state index contributed by atoms with van der Waals surface area (Å²) in [5.74, 6) is -1.43. The number of amides is 2. The molecule has 29 heavy (non-hydrogen) atoms. The second-order valence-electron chi connectivity index (χ2n) is 7.16. The molecule has 0 aromatic heterocycles. The van der Waals surface area contributed by atoms with Crippen LogP contribution in [0.15, 0.2) is 72.8 Å². The van der Waals surface area contributed by atoms with Crippen LogP contribution >= 0.6 is 0 Å². The van der Waals surface area contributed by atoms with Crippen molar-refractivity contribution in [3.8, 4) is 11.1 Å². The lowest BCUT2D eigenvalue weighted by atomic mass is 10.00. The maximum Gasteiger partial charge on any atom is 0.335 e. The van der Waals surface area contributed by atoms with Gasteiger partial charge in [0.05, 0.1) is 16.7 Å². The highest BCUT2D eigenvalue weighted by atomic mass is 16.4. The van der Waals surface area contributed by atoms with Gasteiger partial charge in [-0.05, 0) is 54.3 Å². The van der Waals surface area contributed by atoms with E-state index in [4.69, 9.17) is 5.11 Å². The van der Waals surface area contributed by atoms with Gasteiger partial charge in [0.25, 0.3) is 11.8 Å². The number of carboxylic acids is 1. The summed E-state index contributed by atoms with van der Waals surface area (Å²) in [5, 5.41) is 9.00. The van der Waals surface area contributed by atoms with Crippen molar-refractivity contribution in [1.82, 2.24) is 4.90 Å². The molecule has 2 amide bonds. The van der Waals surface area contributed by atoms with Crippen LogP contribution in [0.2, 0.25) is 0 Å². The molecule has 3 aromatic rings. The highest BCUT2D eigenvalue weighted by molar-refractivity contribution is 6.21. The van der Waals surface area contributed by atoms with Gasteiger partial charge in [-0.3, -0.25) is 14.5 Å². The number of carbonyl (C=O) groups is 3. The highest BCUT2D eigenvalue weighted by Crippen LogP contribution is 2.26. The molecule has 1 aliphatic rings. The van der Waals surface area contributed by atoms with E-state index in [0.29, 0.717) is 17.5 Å². The number of nitrogens with zero attached hydrogens (tertiary/aromatic N) is 1. The summed E-state index contributed by atoms with van der Waals surface area (Å²) in [4.78, 5) is 37.5. The van der Waals surface area contributed by atoms with Gasteiger partial charge in [-0.1, -0.05) is 48.5 Å². The number of hydrogen-bond donors (Lipinski definition) is 1. The summed E-state index contributed by atoms with van der Waals surface area (Å²) in [5.41, 5.74) is 4.09. The molecular formula is C24H19NO4. The number of benzene rings is 3. The van der Waals surface area contributed by atoms with Gasteiger partial charge in [-0.15, -0.1) is 0 Å². The van der Waals surface area contributed by atoms with Crippen LogP contribution < -0.4 is 0 Å². The van der Waals surface area contributed by atoms with Crippen molar-refractivity contribution in [2.24, 2.45) is 0 Å². The molecule has 0 radical (unpaired) electrons. The molecule has 1 atom stereocenters. The molecule has 1 unspecified atom stereocenters. The third kappa shape index (κ3) is 3.43. The molecule has 0 saturated heterocycles. The Morgan fingerprint density at radius 1 is 0.828 bits per heavy atom. The van der Waals surface area contributed by atoms with Gasteiger partial charge < -0.3 is 5.11 Å². The average molecular weight is 385 g/mol. The molecule has 1 N–H and O–H groups in total. The molecule has 0 spiro atoms. The number of fused-ring (bicyclic) bond motifs is 1. The lowest BCUT2D eigenvalue weighted by Crippen LogP contribution is -2.39. The number of rotatable bonds is 5. The van der Waals surface area contributed by atoms with Gasteiger partial charge in [0, 0.05) is 6.04 Å². The van der Waals surface area contributed by atoms with E-state index < -0.39 is 5.97 Å². The Bertz CT molecular complexity index is 1070. The van der Waals surface area contributed by atoms with Crippen molar-refractivity contribution in [3.05, 3.63) is 95.1 Å². The third-order valence-corrected chi connectivity index (χ3v) is 5.22. The van der Waals surface area contributed by atoms with Gasteiger partial charge in [-0.2, -0.15) is 0 Å². The Kier molecular flexibility index (Phi) is 4.72. The lowest BCUT2D eigenvalue weighted by molar-refractivity contribution is 0.0595. The zero-order valence-corrected chi connectivity index (χ0v) is 15.8. The smallest absolute Gasteiger partial charge is 0.335 e. The molecule has 0 fully saturated rings. The van der Waals surface area contributed by atoms with Gasteiger partial charge in [0.1, 0.15) is 0 Å². The SMILES string of the molecule is CC(Cc1ccc(-c2ccc(C(=O)O)cc2)cc1)N1C(=O)c2ccccc2C1=O. The monoisotopic (exact) mass is 385 g/mol. The summed E-state index contributed by atoms with van der Waals surface area (Å²) >= 11 is 0. The number of carboxylic acid groups (broad SMARTS) is 1. The van der Waals surface area contributed by atoms with E-state index in [-0.39, 0.29) is 23.4 Å². The first-order valence-electron chi connectivity index (χ1n) is 9.35. The minimum Gasteiger partial charge on any atom is -0.478 e. The molecule has 5 nitrogen and oxygen atoms in total. The maximum atomic E-state index is 12.6. The van der Waals surface area contributed by atoms with Crippen molar-refractivity contribution in [1.29, 1.82) is 0 Å². The Balaban J connectivity index is 1.48. The van der Waals surface area contributed by atoms with Gasteiger partial charge in [0.15, 0.2) is 0 Å². The zero-order chi connectivity index (χ0) is 20.5. The summed E-state index contributed by atoms with van der Waals surface area (Å²) in [6.45, 7) is 1.88. The van der Waals surface area contributed by atoms with E-state index in [0.717, 1.165) is 16.7 Å². The minimum atomic E-state index is -0.950. The number of imide groups is 1. The Morgan fingerprint density at radius 2 is 1.31 bits per heavy atom. The van der Waals surface area contributed by atoms with Crippen LogP contribution in [0, 0.1) is 0 Å². The Hall–Kier alpha value is -3.73. The molecular weight excluding hydrogens is 366 g/mol. The largest absolute Gasteiger partial charge is 0.478 e. The molecule has 0 saturated carbocycles. The fourth-order valence-corrected chi connectivity index (χ4v) is 3.68. The van der Waals surface area contributed by atoms with Crippen LogP contribution in [0.25, 0.3) is 11.1 Å². The standard InChI is InChI=1S/C24H19NO4/c1-15(25-22(26)20-4-2-3-5-21(20)23(25)27)14-16-6-8-17(9-7-16)18-10-12-19(13-11-18)24(28)29/h2-13,15H,14H2,1H3,(H,28,29). The second-order valence-corrected chi connectivity index (χ2v) is 7.16. The summed E-state index contributed by atoms with van der Waals surface area (Å²) < 4.78 is 0. The summed E-state index contributed by atoms with van der Waals surface area (Å²) in [7, 11) is 0. The van der Waals surface area contributed by atoms with Crippen molar-refractivity contribution >= 4 is 17.8 Å². The van der Waals surface area contributed by atoms with Crippen molar-refractivity contribution in [2.45, 2.75) is 19.4 Å². The number of aromatic carboxylic acids is 1. The molecule has 0 bridgehead atoms. The van der Waals surface area contributed by atoms with E-state index in [9.17, 15) is 14.4 Å². The van der Waals surface area contributed by atoms with E-state index >= 15 is 0 Å². The van der Waals surface area contributed by atoms with Crippen LogP contribution in [0.5, 0.6) is 0 Å². The molecule has 1 heterocycles. The van der Waals surface area contributed by atoms with E-state index in [2.05, 4.69) is 0 Å². The van der Waals surface area contributed by atoms with Crippen LogP contribution in [0.4, 0.5) is 0 Å². The Morgan fingerprint density at radius 3 is 1.79 bits per heavy atom. The van der Waals surface area contributed by atoms with Crippen LogP contribution in [-0.2, 0) is 6.42 Å². The van der Waals surface area contributed by atoms with Crippen molar-refractivity contribution in [2.75, 3.05) is 0 Å². The van der Waals surface area contributed by atoms with Crippen LogP contribution in [0.3, 0.4) is 0 Å². The fourth-order valence-electron chi connectivity index (χ4n) is 3.68. The van der Waals surface area contributed by atoms with Crippen molar-refractivity contribution in [3.63, 3.8) is 0 Å². The predicted molar refractivity (Wildman–Crippen MR) is 109 cm³/mol. The number of hydrogen-bond acceptors (Lipinski definition) is 3. The molecule has 0 aliphatic carbocycles. The van der Waals surface area contributed by atoms with Gasteiger partial charge >= 0.3 is 5.97 Å². The molecule has 144 valence electrons. The second kappa shape index (κ2) is 7.36. The summed E-state index contributed by atoms with van der Waals surface area (Å²) in [6, 6.07) is 21.2. The lowest BCUT2D eigenvalue weighted by Gasteiger charge is -2.22. The normalized spacial score (nSPS) is 14.0. The van der Waals surface area contributed by atoms with Crippen LogP contribution in [-0.4, -0.2) is 33.8 Å². The topological polar surface area (TPSA) is 74.7 Å². The fraction of sp³-hybridized carbons (Fsp3) is 0.125.